The average Bonchev–Trinajstić information content (AvgIpc) is 2.68. The highest BCUT2D eigenvalue weighted by atomic mass is 16.4. The smallest absolute Gasteiger partial charge is 0.0414 e. The fourth-order valence-electron chi connectivity index (χ4n) is 3.18. The van der Waals surface area contributed by atoms with Gasteiger partial charge in [0, 0.05) is 17.9 Å². The first-order valence-electron chi connectivity index (χ1n) is 12.0. The summed E-state index contributed by atoms with van der Waals surface area (Å²) >= 11 is 0. The normalized spacial score (nSPS) is 10.3. The third-order valence-electron chi connectivity index (χ3n) is 5.00. The lowest BCUT2D eigenvalue weighted by Gasteiger charge is -2.04. The summed E-state index contributed by atoms with van der Waals surface area (Å²) in [6.45, 7) is 2.27. The molecule has 0 saturated carbocycles. The maximum absolute atomic E-state index is 10.2. The van der Waals surface area contributed by atoms with Crippen LogP contribution in [0.25, 0.3) is 0 Å². The Morgan fingerprint density at radius 2 is 0.600 bits per heavy atom. The molecule has 0 unspecified atom stereocenters. The quantitative estimate of drug-likeness (QED) is 0.260. The van der Waals surface area contributed by atoms with Crippen molar-refractivity contribution in [2.75, 3.05) is 0 Å². The van der Waals surface area contributed by atoms with E-state index in [1.54, 1.807) is 0 Å². The van der Waals surface area contributed by atoms with Gasteiger partial charge in [-0.05, 0) is 38.5 Å². The van der Waals surface area contributed by atoms with E-state index >= 15 is 0 Å². The maximum atomic E-state index is 10.2. The highest BCUT2D eigenvalue weighted by molar-refractivity contribution is 5.65. The molecule has 0 radical (unpaired) electrons. The molecular weight excluding hydrogens is 384 g/mol. The summed E-state index contributed by atoms with van der Waals surface area (Å²) in [5.41, 5.74) is 0. The van der Waals surface area contributed by atoms with Crippen LogP contribution in [0.4, 0.5) is 0 Å². The molecule has 0 aromatic heterocycles. The molecule has 0 aliphatic rings. The van der Waals surface area contributed by atoms with Crippen LogP contribution in [0.15, 0.2) is 0 Å². The summed E-state index contributed by atoms with van der Waals surface area (Å²) in [5.74, 6) is -3.18. The van der Waals surface area contributed by atoms with Crippen LogP contribution in [0.5, 0.6) is 0 Å². The lowest BCUT2D eigenvalue weighted by molar-refractivity contribution is -0.308. The number of rotatable bonds is 21. The molecular formula is C24H43O6-3. The third-order valence-corrected chi connectivity index (χ3v) is 5.00. The zero-order valence-corrected chi connectivity index (χ0v) is 19.1. The van der Waals surface area contributed by atoms with Crippen molar-refractivity contribution in [1.82, 2.24) is 0 Å². The van der Waals surface area contributed by atoms with Crippen LogP contribution in [0.3, 0.4) is 0 Å². The first-order valence-corrected chi connectivity index (χ1v) is 12.0. The van der Waals surface area contributed by atoms with Crippen molar-refractivity contribution in [1.29, 1.82) is 0 Å². The summed E-state index contributed by atoms with van der Waals surface area (Å²) in [6, 6.07) is 0. The standard InChI is InChI=1S/C18H36O2.C6H10O4/c1-2-3-4-5-6-7-8-9-10-11-12-13-14-15-16-17-18(19)20;7-5(8)3-1-2-4-6(9)10/h2-17H2,1H3,(H,19,20);1-4H2,(H,7,8)(H,9,10)/p-3. The summed E-state index contributed by atoms with van der Waals surface area (Å²) in [5, 5.41) is 29.8. The molecule has 6 heteroatoms. The minimum Gasteiger partial charge on any atom is -0.550 e. The van der Waals surface area contributed by atoms with E-state index in [0.29, 0.717) is 12.8 Å². The largest absolute Gasteiger partial charge is 0.550 e. The Balaban J connectivity index is 0. The number of aliphatic carboxylic acids is 3. The predicted molar refractivity (Wildman–Crippen MR) is 113 cm³/mol. The van der Waals surface area contributed by atoms with Gasteiger partial charge in [0.05, 0.1) is 0 Å². The minimum atomic E-state index is -1.14. The highest BCUT2D eigenvalue weighted by Crippen LogP contribution is 2.13. The van der Waals surface area contributed by atoms with E-state index in [0.717, 1.165) is 12.8 Å². The van der Waals surface area contributed by atoms with Gasteiger partial charge >= 0.3 is 0 Å². The Morgan fingerprint density at radius 1 is 0.400 bits per heavy atom. The second-order valence-electron chi connectivity index (χ2n) is 8.02. The van der Waals surface area contributed by atoms with Gasteiger partial charge in [0.25, 0.3) is 0 Å². The van der Waals surface area contributed by atoms with Crippen LogP contribution < -0.4 is 15.3 Å². The van der Waals surface area contributed by atoms with Crippen molar-refractivity contribution in [2.24, 2.45) is 0 Å². The Labute approximate surface area is 183 Å². The van der Waals surface area contributed by atoms with Crippen molar-refractivity contribution in [3.8, 4) is 0 Å². The second kappa shape index (κ2) is 25.4. The molecule has 0 aliphatic heterocycles. The van der Waals surface area contributed by atoms with Gasteiger partial charge in [0.1, 0.15) is 0 Å². The zero-order chi connectivity index (χ0) is 22.9. The fraction of sp³-hybridized carbons (Fsp3) is 0.875. The van der Waals surface area contributed by atoms with Crippen molar-refractivity contribution in [3.63, 3.8) is 0 Å². The Morgan fingerprint density at radius 3 is 0.833 bits per heavy atom. The summed E-state index contributed by atoms with van der Waals surface area (Å²) in [7, 11) is 0. The Kier molecular flexibility index (Phi) is 26.0. The van der Waals surface area contributed by atoms with Gasteiger partial charge in [0.15, 0.2) is 0 Å². The number of carboxylic acids is 3. The lowest BCUT2D eigenvalue weighted by Crippen LogP contribution is -2.23. The van der Waals surface area contributed by atoms with Gasteiger partial charge < -0.3 is 29.7 Å². The molecule has 30 heavy (non-hydrogen) atoms. The number of carbonyl (C=O) groups excluding carboxylic acids is 3. The molecule has 0 aromatic carbocycles. The highest BCUT2D eigenvalue weighted by Gasteiger charge is 1.94. The first-order chi connectivity index (χ1) is 14.4. The molecule has 0 bridgehead atoms. The van der Waals surface area contributed by atoms with Crippen LogP contribution in [0.2, 0.25) is 0 Å². The number of hydrogen-bond acceptors (Lipinski definition) is 6. The van der Waals surface area contributed by atoms with E-state index in [4.69, 9.17) is 0 Å². The van der Waals surface area contributed by atoms with Crippen LogP contribution >= 0.6 is 0 Å². The van der Waals surface area contributed by atoms with Crippen molar-refractivity contribution in [2.45, 2.75) is 135 Å². The predicted octanol–water partition coefficient (Wildman–Crippen LogP) is 3.04. The first kappa shape index (κ1) is 30.6. The second-order valence-corrected chi connectivity index (χ2v) is 8.02. The van der Waals surface area contributed by atoms with Crippen molar-refractivity contribution in [3.05, 3.63) is 0 Å². The molecule has 0 aliphatic carbocycles. The molecule has 0 aromatic rings. The van der Waals surface area contributed by atoms with Crippen molar-refractivity contribution < 1.29 is 29.7 Å². The molecule has 0 rings (SSSR count). The molecule has 0 saturated heterocycles. The van der Waals surface area contributed by atoms with E-state index in [1.165, 1.54) is 83.5 Å². The average molecular weight is 428 g/mol. The van der Waals surface area contributed by atoms with Crippen LogP contribution in [0.1, 0.15) is 135 Å². The Bertz CT molecular complexity index is 393. The minimum absolute atomic E-state index is 0.0761. The number of carbonyl (C=O) groups is 3. The zero-order valence-electron chi connectivity index (χ0n) is 19.1. The molecule has 0 spiro atoms. The third kappa shape index (κ3) is 34.0. The van der Waals surface area contributed by atoms with Crippen LogP contribution in [-0.4, -0.2) is 17.9 Å². The summed E-state index contributed by atoms with van der Waals surface area (Å²) in [6.07, 6.45) is 20.4. The summed E-state index contributed by atoms with van der Waals surface area (Å²) < 4.78 is 0. The Hall–Kier alpha value is -1.59. The SMILES string of the molecule is CCCCCCCCCCCCCCCCCC(=O)[O-].O=C([O-])CCCCC(=O)[O-]. The van der Waals surface area contributed by atoms with E-state index in [-0.39, 0.29) is 19.3 Å². The molecule has 6 nitrogen and oxygen atoms in total. The van der Waals surface area contributed by atoms with Crippen LogP contribution in [0, 0.1) is 0 Å². The topological polar surface area (TPSA) is 120 Å². The maximum Gasteiger partial charge on any atom is 0.0414 e. The van der Waals surface area contributed by atoms with Gasteiger partial charge in [-0.2, -0.15) is 0 Å². The number of hydrogen-bond donors (Lipinski definition) is 0. The molecule has 0 amide bonds. The lowest BCUT2D eigenvalue weighted by atomic mass is 10.0. The monoisotopic (exact) mass is 427 g/mol. The number of unbranched alkanes of at least 4 members (excludes halogenated alkanes) is 15. The van der Waals surface area contributed by atoms with Crippen LogP contribution in [-0.2, 0) is 14.4 Å². The molecule has 0 N–H and O–H groups in total. The van der Waals surface area contributed by atoms with Crippen molar-refractivity contribution >= 4 is 17.9 Å². The van der Waals surface area contributed by atoms with Gasteiger partial charge in [-0.3, -0.25) is 0 Å². The van der Waals surface area contributed by atoms with Gasteiger partial charge in [-0.15, -0.1) is 0 Å². The summed E-state index contributed by atoms with van der Waals surface area (Å²) in [4.78, 5) is 29.8. The molecule has 178 valence electrons. The molecule has 0 atom stereocenters. The van der Waals surface area contributed by atoms with E-state index < -0.39 is 17.9 Å². The molecule has 0 heterocycles. The van der Waals surface area contributed by atoms with Gasteiger partial charge in [-0.25, -0.2) is 0 Å². The fourth-order valence-corrected chi connectivity index (χ4v) is 3.18. The molecule has 0 fully saturated rings. The van der Waals surface area contributed by atoms with E-state index in [2.05, 4.69) is 6.92 Å². The van der Waals surface area contributed by atoms with E-state index in [1.807, 2.05) is 0 Å². The van der Waals surface area contributed by atoms with E-state index in [9.17, 15) is 29.7 Å². The van der Waals surface area contributed by atoms with Gasteiger partial charge in [-0.1, -0.05) is 96.8 Å². The van der Waals surface area contributed by atoms with Gasteiger partial charge in [0.2, 0.25) is 0 Å². The number of carboxylic acid groups (broad SMARTS) is 3.